The van der Waals surface area contributed by atoms with Gasteiger partial charge in [-0.1, -0.05) is 30.3 Å². The summed E-state index contributed by atoms with van der Waals surface area (Å²) in [6.45, 7) is 4.08. The molecule has 0 aliphatic carbocycles. The van der Waals surface area contributed by atoms with Gasteiger partial charge in [-0.25, -0.2) is 0 Å². The molecule has 0 unspecified atom stereocenters. The highest BCUT2D eigenvalue weighted by molar-refractivity contribution is 5.60. The Morgan fingerprint density at radius 1 is 0.909 bits per heavy atom. The Kier molecular flexibility index (Phi) is 3.96. The molecule has 0 saturated carbocycles. The minimum absolute atomic E-state index is 0.465. The lowest BCUT2D eigenvalue weighted by atomic mass is 10.2. The topological polar surface area (TPSA) is 62.7 Å². The Labute approximate surface area is 129 Å². The summed E-state index contributed by atoms with van der Waals surface area (Å²) in [6.07, 6.45) is 1.60. The largest absolute Gasteiger partial charge is 0.339 e. The van der Waals surface area contributed by atoms with Gasteiger partial charge < -0.3 is 10.6 Å². The van der Waals surface area contributed by atoms with Crippen molar-refractivity contribution in [2.24, 2.45) is 0 Å². The van der Waals surface area contributed by atoms with Crippen LogP contribution in [0.1, 0.15) is 11.1 Å². The van der Waals surface area contributed by atoms with E-state index < -0.39 is 0 Å². The number of rotatable bonds is 4. The molecule has 0 amide bonds. The predicted molar refractivity (Wildman–Crippen MR) is 88.8 cm³/mol. The van der Waals surface area contributed by atoms with E-state index in [9.17, 15) is 0 Å². The fraction of sp³-hybridized carbons (Fsp3) is 0.118. The van der Waals surface area contributed by atoms with Crippen LogP contribution in [0.5, 0.6) is 0 Å². The van der Waals surface area contributed by atoms with Gasteiger partial charge in [0.1, 0.15) is 0 Å². The minimum Gasteiger partial charge on any atom is -0.339 e. The van der Waals surface area contributed by atoms with Crippen LogP contribution in [0.25, 0.3) is 0 Å². The van der Waals surface area contributed by atoms with Crippen LogP contribution in [-0.4, -0.2) is 15.2 Å². The van der Waals surface area contributed by atoms with Crippen LogP contribution < -0.4 is 10.6 Å². The molecule has 3 aromatic rings. The van der Waals surface area contributed by atoms with Crippen LogP contribution in [0.2, 0.25) is 0 Å². The fourth-order valence-corrected chi connectivity index (χ4v) is 2.12. The Morgan fingerprint density at radius 2 is 1.77 bits per heavy atom. The van der Waals surface area contributed by atoms with Crippen LogP contribution in [0.15, 0.2) is 54.7 Å². The molecule has 0 radical (unpaired) electrons. The highest BCUT2D eigenvalue weighted by Crippen LogP contribution is 2.19. The lowest BCUT2D eigenvalue weighted by Crippen LogP contribution is -2.03. The molecule has 2 aromatic carbocycles. The second-order valence-electron chi connectivity index (χ2n) is 5.10. The SMILES string of the molecule is Cc1cccc(Nc2cnnc(Nc3ccccc3C)n2)c1. The van der Waals surface area contributed by atoms with Crippen LogP contribution in [0, 0.1) is 13.8 Å². The maximum atomic E-state index is 4.44. The van der Waals surface area contributed by atoms with Crippen molar-refractivity contribution in [3.8, 4) is 0 Å². The maximum absolute atomic E-state index is 4.44. The van der Waals surface area contributed by atoms with E-state index in [-0.39, 0.29) is 0 Å². The summed E-state index contributed by atoms with van der Waals surface area (Å²) in [5.41, 5.74) is 4.26. The van der Waals surface area contributed by atoms with Gasteiger partial charge in [-0.15, -0.1) is 5.10 Å². The van der Waals surface area contributed by atoms with E-state index in [0.717, 1.165) is 16.9 Å². The zero-order chi connectivity index (χ0) is 15.4. The molecule has 1 heterocycles. The molecule has 2 N–H and O–H groups in total. The summed E-state index contributed by atoms with van der Waals surface area (Å²) in [5.74, 6) is 1.11. The van der Waals surface area contributed by atoms with E-state index in [0.29, 0.717) is 11.8 Å². The van der Waals surface area contributed by atoms with E-state index in [1.165, 1.54) is 5.56 Å². The van der Waals surface area contributed by atoms with Gasteiger partial charge in [0.05, 0.1) is 6.20 Å². The maximum Gasteiger partial charge on any atom is 0.249 e. The number of nitrogens with one attached hydrogen (secondary N) is 2. The third kappa shape index (κ3) is 3.38. The van der Waals surface area contributed by atoms with Crippen molar-refractivity contribution < 1.29 is 0 Å². The molecule has 0 aliphatic rings. The molecule has 110 valence electrons. The number of benzene rings is 2. The highest BCUT2D eigenvalue weighted by atomic mass is 15.3. The zero-order valence-corrected chi connectivity index (χ0v) is 12.5. The lowest BCUT2D eigenvalue weighted by Gasteiger charge is -2.09. The van der Waals surface area contributed by atoms with Crippen LogP contribution in [0.4, 0.5) is 23.1 Å². The first kappa shape index (κ1) is 14.0. The van der Waals surface area contributed by atoms with Gasteiger partial charge in [-0.05, 0) is 43.2 Å². The molecule has 0 atom stereocenters. The third-order valence-electron chi connectivity index (χ3n) is 3.24. The number of para-hydroxylation sites is 1. The monoisotopic (exact) mass is 291 g/mol. The van der Waals surface area contributed by atoms with E-state index >= 15 is 0 Å². The zero-order valence-electron chi connectivity index (χ0n) is 12.5. The first-order chi connectivity index (χ1) is 10.7. The third-order valence-corrected chi connectivity index (χ3v) is 3.24. The Hall–Kier alpha value is -2.95. The average molecular weight is 291 g/mol. The fourth-order valence-electron chi connectivity index (χ4n) is 2.12. The number of aromatic nitrogens is 3. The summed E-state index contributed by atoms with van der Waals surface area (Å²) in [4.78, 5) is 4.44. The van der Waals surface area contributed by atoms with E-state index in [2.05, 4.69) is 44.9 Å². The van der Waals surface area contributed by atoms with Gasteiger partial charge in [0.25, 0.3) is 0 Å². The van der Waals surface area contributed by atoms with Crippen LogP contribution >= 0.6 is 0 Å². The summed E-state index contributed by atoms with van der Waals surface area (Å²) >= 11 is 0. The Bertz CT molecular complexity index is 785. The van der Waals surface area contributed by atoms with Crippen molar-refractivity contribution in [2.75, 3.05) is 10.6 Å². The van der Waals surface area contributed by atoms with Gasteiger partial charge in [-0.3, -0.25) is 0 Å². The van der Waals surface area contributed by atoms with Gasteiger partial charge in [-0.2, -0.15) is 10.1 Å². The number of anilines is 4. The molecule has 0 aliphatic heterocycles. The molecule has 0 spiro atoms. The number of aryl methyl sites for hydroxylation is 2. The highest BCUT2D eigenvalue weighted by Gasteiger charge is 2.03. The quantitative estimate of drug-likeness (QED) is 0.761. The van der Waals surface area contributed by atoms with Crippen molar-refractivity contribution in [3.05, 3.63) is 65.9 Å². The molecule has 1 aromatic heterocycles. The van der Waals surface area contributed by atoms with Crippen molar-refractivity contribution in [1.82, 2.24) is 15.2 Å². The van der Waals surface area contributed by atoms with E-state index in [4.69, 9.17) is 0 Å². The average Bonchev–Trinajstić information content (AvgIpc) is 2.50. The standard InChI is InChI=1S/C17H17N5/c1-12-6-5-8-14(10-12)19-16-11-18-22-17(21-16)20-15-9-4-3-7-13(15)2/h3-11H,1-2H3,(H2,19,20,21,22). The molecule has 5 nitrogen and oxygen atoms in total. The summed E-state index contributed by atoms with van der Waals surface area (Å²) in [7, 11) is 0. The van der Waals surface area contributed by atoms with Gasteiger partial charge in [0.2, 0.25) is 5.95 Å². The predicted octanol–water partition coefficient (Wildman–Crippen LogP) is 3.98. The summed E-state index contributed by atoms with van der Waals surface area (Å²) in [6, 6.07) is 16.1. The second kappa shape index (κ2) is 6.22. The summed E-state index contributed by atoms with van der Waals surface area (Å²) in [5, 5.41) is 14.4. The van der Waals surface area contributed by atoms with Crippen LogP contribution in [-0.2, 0) is 0 Å². The first-order valence-corrected chi connectivity index (χ1v) is 7.07. The van der Waals surface area contributed by atoms with Gasteiger partial charge in [0.15, 0.2) is 5.82 Å². The molecule has 22 heavy (non-hydrogen) atoms. The van der Waals surface area contributed by atoms with Crippen molar-refractivity contribution in [3.63, 3.8) is 0 Å². The molecular weight excluding hydrogens is 274 g/mol. The lowest BCUT2D eigenvalue weighted by molar-refractivity contribution is 0.981. The number of hydrogen-bond acceptors (Lipinski definition) is 5. The van der Waals surface area contributed by atoms with E-state index in [1.807, 2.05) is 43.3 Å². The molecule has 0 bridgehead atoms. The Balaban J connectivity index is 1.79. The second-order valence-corrected chi connectivity index (χ2v) is 5.10. The first-order valence-electron chi connectivity index (χ1n) is 7.07. The normalized spacial score (nSPS) is 10.3. The molecule has 5 heteroatoms. The van der Waals surface area contributed by atoms with Gasteiger partial charge >= 0.3 is 0 Å². The molecule has 3 rings (SSSR count). The number of hydrogen-bond donors (Lipinski definition) is 2. The van der Waals surface area contributed by atoms with E-state index in [1.54, 1.807) is 6.20 Å². The van der Waals surface area contributed by atoms with Crippen molar-refractivity contribution in [1.29, 1.82) is 0 Å². The van der Waals surface area contributed by atoms with Crippen molar-refractivity contribution >= 4 is 23.1 Å². The van der Waals surface area contributed by atoms with Crippen molar-refractivity contribution in [2.45, 2.75) is 13.8 Å². The molecule has 0 fully saturated rings. The van der Waals surface area contributed by atoms with Crippen LogP contribution in [0.3, 0.4) is 0 Å². The minimum atomic E-state index is 0.465. The smallest absolute Gasteiger partial charge is 0.249 e. The summed E-state index contributed by atoms with van der Waals surface area (Å²) < 4.78 is 0. The molecule has 0 saturated heterocycles. The number of nitrogens with zero attached hydrogens (tertiary/aromatic N) is 3. The van der Waals surface area contributed by atoms with Gasteiger partial charge in [0, 0.05) is 11.4 Å². The molecular formula is C17H17N5. The Morgan fingerprint density at radius 3 is 2.59 bits per heavy atom.